The summed E-state index contributed by atoms with van der Waals surface area (Å²) < 4.78 is 40.4. The van der Waals surface area contributed by atoms with Gasteiger partial charge in [0.2, 0.25) is 0 Å². The number of carbonyl (C=O) groups is 1. The summed E-state index contributed by atoms with van der Waals surface area (Å²) in [6.07, 6.45) is 2.14. The van der Waals surface area contributed by atoms with Gasteiger partial charge in [0.25, 0.3) is 15.9 Å². The monoisotopic (exact) mass is 397 g/mol. The van der Waals surface area contributed by atoms with E-state index < -0.39 is 15.8 Å². The second kappa shape index (κ2) is 7.05. The first-order chi connectivity index (χ1) is 13.4. The molecule has 8 heteroatoms. The maximum atomic E-state index is 13.0. The van der Waals surface area contributed by atoms with Crippen molar-refractivity contribution in [2.45, 2.75) is 11.3 Å². The lowest BCUT2D eigenvalue weighted by Crippen LogP contribution is -2.29. The molecule has 1 aliphatic heterocycles. The summed E-state index contributed by atoms with van der Waals surface area (Å²) in [5, 5.41) is 0. The van der Waals surface area contributed by atoms with Gasteiger partial charge in [0.15, 0.2) is 0 Å². The van der Waals surface area contributed by atoms with Crippen LogP contribution in [0.1, 0.15) is 16.1 Å². The summed E-state index contributed by atoms with van der Waals surface area (Å²) in [4.78, 5) is 18.5. The van der Waals surface area contributed by atoms with Gasteiger partial charge in [0.1, 0.15) is 11.5 Å². The van der Waals surface area contributed by atoms with Crippen molar-refractivity contribution in [2.75, 3.05) is 16.2 Å². The van der Waals surface area contributed by atoms with Crippen molar-refractivity contribution in [1.82, 2.24) is 4.98 Å². The Morgan fingerprint density at radius 2 is 1.82 bits per heavy atom. The number of sulfonamides is 1. The van der Waals surface area contributed by atoms with Crippen molar-refractivity contribution in [2.24, 2.45) is 0 Å². The zero-order valence-electron chi connectivity index (χ0n) is 14.7. The van der Waals surface area contributed by atoms with Crippen molar-refractivity contribution in [3.63, 3.8) is 0 Å². The number of rotatable bonds is 4. The molecule has 0 unspecified atom stereocenters. The maximum absolute atomic E-state index is 13.0. The van der Waals surface area contributed by atoms with E-state index in [0.29, 0.717) is 6.54 Å². The van der Waals surface area contributed by atoms with E-state index in [1.54, 1.807) is 4.90 Å². The van der Waals surface area contributed by atoms with Gasteiger partial charge in [-0.1, -0.05) is 18.2 Å². The standard InChI is InChI=1S/C20H16FN3O3S/c21-15-5-7-17(8-6-15)28(26,27)23-16-9-11-22-18(13-16)20(25)24-12-10-14-3-1-2-4-19(14)24/h1-9,11,13H,10,12H2,(H,22,23). The molecule has 6 nitrogen and oxygen atoms in total. The molecule has 2 aromatic carbocycles. The lowest BCUT2D eigenvalue weighted by molar-refractivity contribution is 0.0984. The predicted molar refractivity (Wildman–Crippen MR) is 103 cm³/mol. The van der Waals surface area contributed by atoms with Crippen LogP contribution in [0.25, 0.3) is 0 Å². The van der Waals surface area contributed by atoms with E-state index in [1.807, 2.05) is 24.3 Å². The third-order valence-corrected chi connectivity index (χ3v) is 5.88. The quantitative estimate of drug-likeness (QED) is 0.733. The highest BCUT2D eigenvalue weighted by molar-refractivity contribution is 7.92. The fourth-order valence-electron chi connectivity index (χ4n) is 3.13. The van der Waals surface area contributed by atoms with E-state index in [4.69, 9.17) is 0 Å². The Labute approximate surface area is 161 Å². The molecule has 0 radical (unpaired) electrons. The highest BCUT2D eigenvalue weighted by Gasteiger charge is 2.26. The number of para-hydroxylation sites is 1. The van der Waals surface area contributed by atoms with Gasteiger partial charge in [0, 0.05) is 18.4 Å². The highest BCUT2D eigenvalue weighted by atomic mass is 32.2. The molecule has 3 aromatic rings. The maximum Gasteiger partial charge on any atom is 0.276 e. The number of nitrogens with zero attached hydrogens (tertiary/aromatic N) is 2. The largest absolute Gasteiger partial charge is 0.306 e. The second-order valence-corrected chi connectivity index (χ2v) is 8.01. The van der Waals surface area contributed by atoms with Gasteiger partial charge in [-0.3, -0.25) is 14.5 Å². The van der Waals surface area contributed by atoms with Crippen molar-refractivity contribution in [3.05, 3.63) is 83.9 Å². The number of pyridine rings is 1. The first-order valence-electron chi connectivity index (χ1n) is 8.58. The third-order valence-electron chi connectivity index (χ3n) is 4.49. The number of fused-ring (bicyclic) bond motifs is 1. The molecule has 0 atom stereocenters. The molecule has 0 spiro atoms. The molecule has 28 heavy (non-hydrogen) atoms. The van der Waals surface area contributed by atoms with Gasteiger partial charge in [-0.2, -0.15) is 0 Å². The number of benzene rings is 2. The summed E-state index contributed by atoms with van der Waals surface area (Å²) in [6.45, 7) is 0.547. The zero-order chi connectivity index (χ0) is 19.7. The Balaban J connectivity index is 1.58. The molecule has 2 heterocycles. The first kappa shape index (κ1) is 18.1. The van der Waals surface area contributed by atoms with Crippen LogP contribution in [0.15, 0.2) is 71.8 Å². The van der Waals surface area contributed by atoms with Gasteiger partial charge in [-0.05, 0) is 54.4 Å². The van der Waals surface area contributed by atoms with Crippen LogP contribution in [-0.4, -0.2) is 25.9 Å². The van der Waals surface area contributed by atoms with Gasteiger partial charge in [-0.15, -0.1) is 0 Å². The molecule has 142 valence electrons. The molecular formula is C20H16FN3O3S. The lowest BCUT2D eigenvalue weighted by Gasteiger charge is -2.17. The topological polar surface area (TPSA) is 79.4 Å². The molecule has 0 saturated heterocycles. The SMILES string of the molecule is O=C(c1cc(NS(=O)(=O)c2ccc(F)cc2)ccn1)N1CCc2ccccc21. The van der Waals surface area contributed by atoms with Crippen molar-refractivity contribution < 1.29 is 17.6 Å². The van der Waals surface area contributed by atoms with E-state index in [2.05, 4.69) is 9.71 Å². The molecule has 0 saturated carbocycles. The van der Waals surface area contributed by atoms with E-state index >= 15 is 0 Å². The van der Waals surface area contributed by atoms with Crippen LogP contribution >= 0.6 is 0 Å². The van der Waals surface area contributed by atoms with Gasteiger partial charge >= 0.3 is 0 Å². The lowest BCUT2D eigenvalue weighted by atomic mass is 10.2. The molecule has 1 aromatic heterocycles. The predicted octanol–water partition coefficient (Wildman–Crippen LogP) is 3.22. The van der Waals surface area contributed by atoms with Crippen molar-refractivity contribution in [1.29, 1.82) is 0 Å². The van der Waals surface area contributed by atoms with Crippen LogP contribution in [-0.2, 0) is 16.4 Å². The normalized spacial score (nSPS) is 13.2. The van der Waals surface area contributed by atoms with Crippen LogP contribution in [0.5, 0.6) is 0 Å². The van der Waals surface area contributed by atoms with E-state index in [9.17, 15) is 17.6 Å². The summed E-state index contributed by atoms with van der Waals surface area (Å²) in [5.41, 5.74) is 2.27. The minimum absolute atomic E-state index is 0.0768. The van der Waals surface area contributed by atoms with E-state index in [1.165, 1.54) is 30.5 Å². The van der Waals surface area contributed by atoms with Crippen LogP contribution in [0.2, 0.25) is 0 Å². The zero-order valence-corrected chi connectivity index (χ0v) is 15.5. The second-order valence-electron chi connectivity index (χ2n) is 6.32. The molecular weight excluding hydrogens is 381 g/mol. The smallest absolute Gasteiger partial charge is 0.276 e. The number of hydrogen-bond acceptors (Lipinski definition) is 4. The number of anilines is 2. The van der Waals surface area contributed by atoms with E-state index in [0.717, 1.165) is 29.8 Å². The third kappa shape index (κ3) is 3.46. The summed E-state index contributed by atoms with van der Waals surface area (Å²) in [5.74, 6) is -0.825. The van der Waals surface area contributed by atoms with Crippen LogP contribution < -0.4 is 9.62 Å². The Bertz CT molecular complexity index is 1150. The van der Waals surface area contributed by atoms with Gasteiger partial charge < -0.3 is 4.90 Å². The Hall–Kier alpha value is -3.26. The number of amides is 1. The van der Waals surface area contributed by atoms with Gasteiger partial charge in [0.05, 0.1) is 10.6 Å². The summed E-state index contributed by atoms with van der Waals surface area (Å²) in [6, 6.07) is 15.0. The van der Waals surface area contributed by atoms with Crippen LogP contribution in [0, 0.1) is 5.82 Å². The summed E-state index contributed by atoms with van der Waals surface area (Å²) >= 11 is 0. The molecule has 0 fully saturated rings. The van der Waals surface area contributed by atoms with Crippen molar-refractivity contribution >= 4 is 27.3 Å². The number of halogens is 1. The Morgan fingerprint density at radius 3 is 2.61 bits per heavy atom. The Morgan fingerprint density at radius 1 is 1.07 bits per heavy atom. The molecule has 1 aliphatic rings. The van der Waals surface area contributed by atoms with Gasteiger partial charge in [-0.25, -0.2) is 12.8 Å². The minimum Gasteiger partial charge on any atom is -0.306 e. The van der Waals surface area contributed by atoms with E-state index in [-0.39, 0.29) is 22.2 Å². The van der Waals surface area contributed by atoms with Crippen LogP contribution in [0.4, 0.5) is 15.8 Å². The molecule has 4 rings (SSSR count). The fourth-order valence-corrected chi connectivity index (χ4v) is 4.18. The molecule has 1 N–H and O–H groups in total. The average Bonchev–Trinajstić information content (AvgIpc) is 3.12. The Kier molecular flexibility index (Phi) is 4.56. The molecule has 0 aliphatic carbocycles. The minimum atomic E-state index is -3.91. The van der Waals surface area contributed by atoms with Crippen molar-refractivity contribution in [3.8, 4) is 0 Å². The number of nitrogens with one attached hydrogen (secondary N) is 1. The average molecular weight is 397 g/mol. The molecule has 1 amide bonds. The summed E-state index contributed by atoms with van der Waals surface area (Å²) in [7, 11) is -3.91. The number of aromatic nitrogens is 1. The fraction of sp³-hybridized carbons (Fsp3) is 0.100. The highest BCUT2D eigenvalue weighted by Crippen LogP contribution is 2.29. The molecule has 0 bridgehead atoms. The number of carbonyl (C=O) groups excluding carboxylic acids is 1. The first-order valence-corrected chi connectivity index (χ1v) is 10.1. The van der Waals surface area contributed by atoms with Crippen LogP contribution in [0.3, 0.4) is 0 Å². The number of hydrogen-bond donors (Lipinski definition) is 1.